The van der Waals surface area contributed by atoms with Crippen LogP contribution in [0.1, 0.15) is 55.3 Å². The van der Waals surface area contributed by atoms with Crippen LogP contribution in [0, 0.1) is 5.92 Å². The van der Waals surface area contributed by atoms with Crippen LogP contribution in [0.5, 0.6) is 0 Å². The molecular weight excluding hydrogens is 334 g/mol. The minimum atomic E-state index is -0.549. The van der Waals surface area contributed by atoms with Crippen molar-refractivity contribution >= 4 is 17.7 Å². The molecule has 2 heterocycles. The maximum atomic E-state index is 12.3. The topological polar surface area (TPSA) is 91.7 Å². The molecule has 1 aromatic heterocycles. The van der Waals surface area contributed by atoms with E-state index in [4.69, 9.17) is 4.42 Å². The molecule has 1 aliphatic carbocycles. The van der Waals surface area contributed by atoms with Gasteiger partial charge in [0.05, 0.1) is 11.8 Å². The molecule has 0 spiro atoms. The van der Waals surface area contributed by atoms with Gasteiger partial charge in [-0.25, -0.2) is 0 Å². The Bertz CT molecular complexity index is 615. The predicted octanol–water partition coefficient (Wildman–Crippen LogP) is 1.70. The maximum Gasteiger partial charge on any atom is 0.309 e. The number of carbonyl (C=O) groups is 3. The van der Waals surface area contributed by atoms with Gasteiger partial charge in [-0.2, -0.15) is 0 Å². The number of piperidine rings is 1. The van der Waals surface area contributed by atoms with Crippen molar-refractivity contribution in [2.75, 3.05) is 19.6 Å². The number of hydrogen-bond acceptors (Lipinski definition) is 4. The largest absolute Gasteiger partial charge is 0.472 e. The van der Waals surface area contributed by atoms with E-state index in [1.54, 1.807) is 11.0 Å². The number of nitrogens with one attached hydrogen (secondary N) is 2. The Morgan fingerprint density at radius 3 is 2.42 bits per heavy atom. The third-order valence-corrected chi connectivity index (χ3v) is 5.37. The van der Waals surface area contributed by atoms with Crippen molar-refractivity contribution in [3.8, 4) is 0 Å². The zero-order valence-corrected chi connectivity index (χ0v) is 15.0. The first-order chi connectivity index (χ1) is 12.6. The lowest BCUT2D eigenvalue weighted by Crippen LogP contribution is -2.47. The van der Waals surface area contributed by atoms with Gasteiger partial charge in [-0.05, 0) is 37.7 Å². The van der Waals surface area contributed by atoms with Gasteiger partial charge in [0.25, 0.3) is 5.91 Å². The van der Waals surface area contributed by atoms with Gasteiger partial charge < -0.3 is 20.0 Å². The average molecular weight is 361 g/mol. The molecule has 2 aliphatic rings. The number of likely N-dealkylation sites (tertiary alicyclic amines) is 1. The molecule has 0 aromatic carbocycles. The molecular formula is C19H27N3O4. The van der Waals surface area contributed by atoms with Crippen molar-refractivity contribution in [1.82, 2.24) is 15.5 Å². The lowest BCUT2D eigenvalue weighted by atomic mass is 9.95. The highest BCUT2D eigenvalue weighted by Gasteiger charge is 2.26. The van der Waals surface area contributed by atoms with Crippen molar-refractivity contribution in [3.05, 3.63) is 24.2 Å². The Morgan fingerprint density at radius 2 is 1.77 bits per heavy atom. The number of hydrogen-bond donors (Lipinski definition) is 2. The highest BCUT2D eigenvalue weighted by molar-refractivity contribution is 6.35. The molecule has 7 heteroatoms. The SMILES string of the molecule is O=C(NCC1CCN(C(=O)c2ccoc2)CC1)C(=O)NC1CCCCC1. The van der Waals surface area contributed by atoms with Gasteiger partial charge in [0.2, 0.25) is 0 Å². The van der Waals surface area contributed by atoms with Crippen molar-refractivity contribution in [2.24, 2.45) is 5.92 Å². The number of rotatable bonds is 4. The number of amides is 3. The predicted molar refractivity (Wildman–Crippen MR) is 95.4 cm³/mol. The molecule has 2 N–H and O–H groups in total. The summed E-state index contributed by atoms with van der Waals surface area (Å²) in [5, 5.41) is 5.58. The summed E-state index contributed by atoms with van der Waals surface area (Å²) < 4.78 is 4.96. The molecule has 142 valence electrons. The highest BCUT2D eigenvalue weighted by atomic mass is 16.3. The van der Waals surface area contributed by atoms with E-state index >= 15 is 0 Å². The molecule has 1 saturated heterocycles. The number of furan rings is 1. The minimum Gasteiger partial charge on any atom is -0.472 e. The first kappa shape index (κ1) is 18.5. The lowest BCUT2D eigenvalue weighted by molar-refractivity contribution is -0.139. The Labute approximate surface area is 153 Å². The zero-order chi connectivity index (χ0) is 18.4. The van der Waals surface area contributed by atoms with Crippen molar-refractivity contribution < 1.29 is 18.8 Å². The minimum absolute atomic E-state index is 0.0203. The fourth-order valence-corrected chi connectivity index (χ4v) is 3.72. The Kier molecular flexibility index (Phi) is 6.30. The Hall–Kier alpha value is -2.31. The fourth-order valence-electron chi connectivity index (χ4n) is 3.72. The van der Waals surface area contributed by atoms with Crippen LogP contribution in [-0.4, -0.2) is 48.3 Å². The van der Waals surface area contributed by atoms with Crippen molar-refractivity contribution in [2.45, 2.75) is 51.0 Å². The second kappa shape index (κ2) is 8.87. The van der Waals surface area contributed by atoms with Crippen LogP contribution < -0.4 is 10.6 Å². The van der Waals surface area contributed by atoms with Crippen LogP contribution >= 0.6 is 0 Å². The molecule has 3 amide bonds. The smallest absolute Gasteiger partial charge is 0.309 e. The highest BCUT2D eigenvalue weighted by Crippen LogP contribution is 2.19. The van der Waals surface area contributed by atoms with Gasteiger partial charge in [-0.1, -0.05) is 19.3 Å². The van der Waals surface area contributed by atoms with Gasteiger partial charge in [0.1, 0.15) is 6.26 Å². The Morgan fingerprint density at radius 1 is 1.04 bits per heavy atom. The Balaban J connectivity index is 1.36. The first-order valence-electron chi connectivity index (χ1n) is 9.53. The van der Waals surface area contributed by atoms with E-state index in [0.29, 0.717) is 25.2 Å². The van der Waals surface area contributed by atoms with Gasteiger partial charge in [0, 0.05) is 25.7 Å². The monoisotopic (exact) mass is 361 g/mol. The van der Waals surface area contributed by atoms with E-state index in [1.807, 2.05) is 0 Å². The fraction of sp³-hybridized carbons (Fsp3) is 0.632. The molecule has 0 radical (unpaired) electrons. The van der Waals surface area contributed by atoms with Crippen LogP contribution in [0.15, 0.2) is 23.0 Å². The summed E-state index contributed by atoms with van der Waals surface area (Å²) in [6, 6.07) is 1.80. The van der Waals surface area contributed by atoms with E-state index in [2.05, 4.69) is 10.6 Å². The molecule has 0 bridgehead atoms. The maximum absolute atomic E-state index is 12.3. The van der Waals surface area contributed by atoms with E-state index in [1.165, 1.54) is 18.9 Å². The molecule has 26 heavy (non-hydrogen) atoms. The summed E-state index contributed by atoms with van der Waals surface area (Å²) in [4.78, 5) is 38.0. The number of carbonyl (C=O) groups excluding carboxylic acids is 3. The normalized spacial score (nSPS) is 19.2. The van der Waals surface area contributed by atoms with Crippen LogP contribution in [0.2, 0.25) is 0 Å². The summed E-state index contributed by atoms with van der Waals surface area (Å²) in [6.07, 6.45) is 9.94. The molecule has 3 rings (SSSR count). The molecule has 1 aliphatic heterocycles. The van der Waals surface area contributed by atoms with Crippen molar-refractivity contribution in [1.29, 1.82) is 0 Å². The van der Waals surface area contributed by atoms with E-state index in [0.717, 1.165) is 38.5 Å². The van der Waals surface area contributed by atoms with Gasteiger partial charge in [-0.15, -0.1) is 0 Å². The standard InChI is InChI=1S/C19H27N3O4/c23-17(18(24)21-16-4-2-1-3-5-16)20-12-14-6-9-22(10-7-14)19(25)15-8-11-26-13-15/h8,11,13-14,16H,1-7,9-10,12H2,(H,20,23)(H,21,24). The molecule has 1 aromatic rings. The summed E-state index contributed by atoms with van der Waals surface area (Å²) in [7, 11) is 0. The summed E-state index contributed by atoms with van der Waals surface area (Å²) in [6.45, 7) is 1.78. The van der Waals surface area contributed by atoms with Crippen molar-refractivity contribution in [3.63, 3.8) is 0 Å². The summed E-state index contributed by atoms with van der Waals surface area (Å²) in [5.74, 6) is -0.806. The summed E-state index contributed by atoms with van der Waals surface area (Å²) >= 11 is 0. The molecule has 2 fully saturated rings. The quantitative estimate of drug-likeness (QED) is 0.799. The average Bonchev–Trinajstić information content (AvgIpc) is 3.21. The molecule has 0 atom stereocenters. The van der Waals surface area contributed by atoms with Crippen LogP contribution in [0.4, 0.5) is 0 Å². The van der Waals surface area contributed by atoms with Crippen LogP contribution in [-0.2, 0) is 9.59 Å². The second-order valence-electron chi connectivity index (χ2n) is 7.27. The second-order valence-corrected chi connectivity index (χ2v) is 7.27. The number of nitrogens with zero attached hydrogens (tertiary/aromatic N) is 1. The van der Waals surface area contributed by atoms with Gasteiger partial charge >= 0.3 is 11.8 Å². The lowest BCUT2D eigenvalue weighted by Gasteiger charge is -2.31. The third-order valence-electron chi connectivity index (χ3n) is 5.37. The third kappa shape index (κ3) is 4.86. The van der Waals surface area contributed by atoms with E-state index < -0.39 is 11.8 Å². The van der Waals surface area contributed by atoms with Crippen LogP contribution in [0.3, 0.4) is 0 Å². The van der Waals surface area contributed by atoms with E-state index in [9.17, 15) is 14.4 Å². The zero-order valence-electron chi connectivity index (χ0n) is 15.0. The van der Waals surface area contributed by atoms with Gasteiger partial charge in [0.15, 0.2) is 0 Å². The molecule has 0 unspecified atom stereocenters. The summed E-state index contributed by atoms with van der Waals surface area (Å²) in [5.41, 5.74) is 0.566. The molecule has 1 saturated carbocycles. The van der Waals surface area contributed by atoms with E-state index in [-0.39, 0.29) is 17.9 Å². The molecule has 7 nitrogen and oxygen atoms in total. The van der Waals surface area contributed by atoms with Gasteiger partial charge in [-0.3, -0.25) is 14.4 Å². The van der Waals surface area contributed by atoms with Crippen LogP contribution in [0.25, 0.3) is 0 Å². The first-order valence-corrected chi connectivity index (χ1v) is 9.53.